The Bertz CT molecular complexity index is 389. The van der Waals surface area contributed by atoms with Crippen LogP contribution in [-0.2, 0) is 4.79 Å². The maximum absolute atomic E-state index is 11.9. The predicted molar refractivity (Wildman–Crippen MR) is 73.1 cm³/mol. The molecular formula is C13H17BrN2O. The number of likely N-dealkylation sites (tertiary alicyclic amines) is 1. The Morgan fingerprint density at radius 2 is 1.94 bits per heavy atom. The van der Waals surface area contributed by atoms with Gasteiger partial charge in [0.25, 0.3) is 0 Å². The number of hydrogen-bond donors (Lipinski definition) is 1. The topological polar surface area (TPSA) is 32.3 Å². The van der Waals surface area contributed by atoms with E-state index in [1.54, 1.807) is 0 Å². The van der Waals surface area contributed by atoms with E-state index in [4.69, 9.17) is 0 Å². The van der Waals surface area contributed by atoms with Crippen LogP contribution in [0, 0.1) is 0 Å². The molecule has 0 spiro atoms. The Hall–Kier alpha value is -1.03. The van der Waals surface area contributed by atoms with Gasteiger partial charge in [-0.25, -0.2) is 0 Å². The van der Waals surface area contributed by atoms with Crippen molar-refractivity contribution in [2.45, 2.75) is 19.3 Å². The number of para-hydroxylation sites is 1. The van der Waals surface area contributed by atoms with Crippen molar-refractivity contribution in [2.75, 3.05) is 25.0 Å². The molecule has 1 aromatic rings. The van der Waals surface area contributed by atoms with E-state index in [1.807, 2.05) is 29.2 Å². The van der Waals surface area contributed by atoms with Gasteiger partial charge in [0.1, 0.15) is 0 Å². The van der Waals surface area contributed by atoms with Crippen LogP contribution in [0.25, 0.3) is 0 Å². The third-order valence-electron chi connectivity index (χ3n) is 3.01. The van der Waals surface area contributed by atoms with Crippen LogP contribution < -0.4 is 5.32 Å². The molecule has 2 rings (SSSR count). The van der Waals surface area contributed by atoms with Crippen molar-refractivity contribution in [3.05, 3.63) is 28.7 Å². The van der Waals surface area contributed by atoms with Gasteiger partial charge in [0.05, 0.1) is 6.54 Å². The fraction of sp³-hybridized carbons (Fsp3) is 0.462. The monoisotopic (exact) mass is 296 g/mol. The molecule has 0 aliphatic carbocycles. The summed E-state index contributed by atoms with van der Waals surface area (Å²) in [6.45, 7) is 2.20. The number of benzene rings is 1. The molecule has 0 aromatic heterocycles. The third kappa shape index (κ3) is 3.46. The zero-order valence-electron chi connectivity index (χ0n) is 9.79. The molecule has 1 amide bonds. The first-order valence-electron chi connectivity index (χ1n) is 6.03. The van der Waals surface area contributed by atoms with E-state index < -0.39 is 0 Å². The number of nitrogens with one attached hydrogen (secondary N) is 1. The number of carbonyl (C=O) groups excluding carboxylic acids is 1. The van der Waals surface area contributed by atoms with E-state index in [2.05, 4.69) is 21.2 Å². The van der Waals surface area contributed by atoms with Crippen molar-refractivity contribution < 1.29 is 4.79 Å². The molecule has 0 saturated carbocycles. The molecular weight excluding hydrogens is 280 g/mol. The lowest BCUT2D eigenvalue weighted by molar-refractivity contribution is -0.130. The minimum Gasteiger partial charge on any atom is -0.375 e. The maximum atomic E-state index is 11.9. The van der Waals surface area contributed by atoms with Gasteiger partial charge in [0, 0.05) is 23.2 Å². The summed E-state index contributed by atoms with van der Waals surface area (Å²) in [5.74, 6) is 0.195. The number of piperidine rings is 1. The van der Waals surface area contributed by atoms with Gasteiger partial charge in [-0.3, -0.25) is 4.79 Å². The Morgan fingerprint density at radius 1 is 1.24 bits per heavy atom. The Morgan fingerprint density at radius 3 is 2.65 bits per heavy atom. The van der Waals surface area contributed by atoms with Crippen LogP contribution in [-0.4, -0.2) is 30.4 Å². The van der Waals surface area contributed by atoms with E-state index >= 15 is 0 Å². The van der Waals surface area contributed by atoms with Gasteiger partial charge in [-0.1, -0.05) is 12.1 Å². The molecule has 0 radical (unpaired) electrons. The van der Waals surface area contributed by atoms with Crippen LogP contribution >= 0.6 is 15.9 Å². The third-order valence-corrected chi connectivity index (χ3v) is 3.70. The van der Waals surface area contributed by atoms with Gasteiger partial charge in [-0.2, -0.15) is 0 Å². The summed E-state index contributed by atoms with van der Waals surface area (Å²) in [4.78, 5) is 13.9. The first kappa shape index (κ1) is 12.4. The van der Waals surface area contributed by atoms with Crippen LogP contribution in [0.3, 0.4) is 0 Å². The lowest BCUT2D eigenvalue weighted by atomic mass is 10.1. The lowest BCUT2D eigenvalue weighted by Crippen LogP contribution is -2.39. The molecule has 1 aromatic carbocycles. The van der Waals surface area contributed by atoms with Gasteiger partial charge in [-0.15, -0.1) is 0 Å². The standard InChI is InChI=1S/C13H17BrN2O/c14-11-6-2-3-7-12(11)15-10-13(17)16-8-4-1-5-9-16/h2-3,6-7,15H,1,4-5,8-10H2. The van der Waals surface area contributed by atoms with E-state index in [9.17, 15) is 4.79 Å². The molecule has 1 saturated heterocycles. The molecule has 1 heterocycles. The van der Waals surface area contributed by atoms with Crippen LogP contribution in [0.15, 0.2) is 28.7 Å². The largest absolute Gasteiger partial charge is 0.375 e. The minimum absolute atomic E-state index is 0.195. The summed E-state index contributed by atoms with van der Waals surface area (Å²) in [5, 5.41) is 3.17. The van der Waals surface area contributed by atoms with Crippen LogP contribution in [0.2, 0.25) is 0 Å². The minimum atomic E-state index is 0.195. The Balaban J connectivity index is 1.85. The molecule has 1 N–H and O–H groups in total. The van der Waals surface area contributed by atoms with Gasteiger partial charge in [0.2, 0.25) is 5.91 Å². The number of amides is 1. The van der Waals surface area contributed by atoms with Crippen molar-refractivity contribution in [3.8, 4) is 0 Å². The van der Waals surface area contributed by atoms with Gasteiger partial charge < -0.3 is 10.2 Å². The number of hydrogen-bond acceptors (Lipinski definition) is 2. The van der Waals surface area contributed by atoms with Crippen molar-refractivity contribution in [3.63, 3.8) is 0 Å². The summed E-state index contributed by atoms with van der Waals surface area (Å²) < 4.78 is 0.992. The Kier molecular flexibility index (Phi) is 4.42. The smallest absolute Gasteiger partial charge is 0.241 e. The summed E-state index contributed by atoms with van der Waals surface area (Å²) in [5.41, 5.74) is 0.970. The van der Waals surface area contributed by atoms with E-state index in [-0.39, 0.29) is 5.91 Å². The second-order valence-electron chi connectivity index (χ2n) is 4.27. The molecule has 0 unspecified atom stereocenters. The van der Waals surface area contributed by atoms with Crippen LogP contribution in [0.5, 0.6) is 0 Å². The zero-order chi connectivity index (χ0) is 12.1. The van der Waals surface area contributed by atoms with Gasteiger partial charge in [0.15, 0.2) is 0 Å². The molecule has 4 heteroatoms. The van der Waals surface area contributed by atoms with Crippen molar-refractivity contribution >= 4 is 27.5 Å². The highest BCUT2D eigenvalue weighted by atomic mass is 79.9. The Labute approximate surface area is 110 Å². The normalized spacial score (nSPS) is 15.7. The average molecular weight is 297 g/mol. The molecule has 92 valence electrons. The fourth-order valence-corrected chi connectivity index (χ4v) is 2.46. The second-order valence-corrected chi connectivity index (χ2v) is 5.13. The molecule has 0 atom stereocenters. The van der Waals surface area contributed by atoms with E-state index in [0.29, 0.717) is 6.54 Å². The average Bonchev–Trinajstić information content (AvgIpc) is 2.38. The summed E-state index contributed by atoms with van der Waals surface area (Å²) in [6.07, 6.45) is 3.53. The lowest BCUT2D eigenvalue weighted by Gasteiger charge is -2.27. The molecule has 1 aliphatic heterocycles. The number of halogens is 1. The molecule has 3 nitrogen and oxygen atoms in total. The zero-order valence-corrected chi connectivity index (χ0v) is 11.4. The number of anilines is 1. The predicted octanol–water partition coefficient (Wildman–Crippen LogP) is 2.87. The highest BCUT2D eigenvalue weighted by molar-refractivity contribution is 9.10. The number of carbonyl (C=O) groups is 1. The molecule has 17 heavy (non-hydrogen) atoms. The van der Waals surface area contributed by atoms with E-state index in [1.165, 1.54) is 6.42 Å². The quantitative estimate of drug-likeness (QED) is 0.930. The first-order chi connectivity index (χ1) is 8.27. The van der Waals surface area contributed by atoms with Crippen molar-refractivity contribution in [1.29, 1.82) is 0 Å². The molecule has 0 bridgehead atoms. The number of nitrogens with zero attached hydrogens (tertiary/aromatic N) is 1. The van der Waals surface area contributed by atoms with E-state index in [0.717, 1.165) is 36.1 Å². The van der Waals surface area contributed by atoms with Crippen molar-refractivity contribution in [1.82, 2.24) is 4.90 Å². The first-order valence-corrected chi connectivity index (χ1v) is 6.83. The van der Waals surface area contributed by atoms with Crippen LogP contribution in [0.4, 0.5) is 5.69 Å². The molecule has 1 aliphatic rings. The van der Waals surface area contributed by atoms with Gasteiger partial charge >= 0.3 is 0 Å². The summed E-state index contributed by atoms with van der Waals surface area (Å²) in [6, 6.07) is 7.85. The number of rotatable bonds is 3. The van der Waals surface area contributed by atoms with Gasteiger partial charge in [-0.05, 0) is 47.3 Å². The van der Waals surface area contributed by atoms with Crippen LogP contribution in [0.1, 0.15) is 19.3 Å². The maximum Gasteiger partial charge on any atom is 0.241 e. The highest BCUT2D eigenvalue weighted by Gasteiger charge is 2.15. The SMILES string of the molecule is O=C(CNc1ccccc1Br)N1CCCCC1. The van der Waals surface area contributed by atoms with Crippen molar-refractivity contribution in [2.24, 2.45) is 0 Å². The summed E-state index contributed by atoms with van der Waals surface area (Å²) in [7, 11) is 0. The fourth-order valence-electron chi connectivity index (χ4n) is 2.03. The highest BCUT2D eigenvalue weighted by Crippen LogP contribution is 2.21. The molecule has 1 fully saturated rings. The second kappa shape index (κ2) is 6.05. The summed E-state index contributed by atoms with van der Waals surface area (Å²) >= 11 is 3.46.